The fourth-order valence-electron chi connectivity index (χ4n) is 3.81. The van der Waals surface area contributed by atoms with Crippen LogP contribution in [0.4, 0.5) is 0 Å². The van der Waals surface area contributed by atoms with Crippen molar-refractivity contribution in [3.8, 4) is 5.75 Å². The number of carbonyl (C=O) groups excluding carboxylic acids is 1. The first-order chi connectivity index (χ1) is 13.8. The number of hydrogen-bond acceptors (Lipinski definition) is 3. The van der Waals surface area contributed by atoms with Gasteiger partial charge in [-0.05, 0) is 47.7 Å². The molecule has 4 nitrogen and oxygen atoms in total. The van der Waals surface area contributed by atoms with E-state index >= 15 is 0 Å². The highest BCUT2D eigenvalue weighted by Gasteiger charge is 2.31. The van der Waals surface area contributed by atoms with Crippen LogP contribution in [0.5, 0.6) is 5.75 Å². The van der Waals surface area contributed by atoms with Crippen molar-refractivity contribution >= 4 is 5.91 Å². The molecule has 0 spiro atoms. The Hall–Kier alpha value is -3.14. The van der Waals surface area contributed by atoms with E-state index in [4.69, 9.17) is 4.74 Å². The first-order valence-electron chi connectivity index (χ1n) is 9.78. The third kappa shape index (κ3) is 4.06. The molecule has 1 atom stereocenters. The second-order valence-corrected chi connectivity index (χ2v) is 6.99. The average Bonchev–Trinajstić information content (AvgIpc) is 2.77. The van der Waals surface area contributed by atoms with Crippen LogP contribution in [0.15, 0.2) is 79.1 Å². The number of aromatic nitrogens is 1. The molecule has 4 heteroatoms. The lowest BCUT2D eigenvalue weighted by molar-refractivity contribution is -0.133. The van der Waals surface area contributed by atoms with Gasteiger partial charge in [0.2, 0.25) is 5.91 Å². The molecule has 0 fully saturated rings. The van der Waals surface area contributed by atoms with Crippen molar-refractivity contribution in [1.82, 2.24) is 9.88 Å². The van der Waals surface area contributed by atoms with Crippen LogP contribution in [0.2, 0.25) is 0 Å². The molecule has 1 aromatic heterocycles. The molecule has 0 saturated carbocycles. The molecule has 4 rings (SSSR count). The molecule has 3 aromatic rings. The van der Waals surface area contributed by atoms with E-state index in [0.29, 0.717) is 19.4 Å². The number of benzene rings is 2. The monoisotopic (exact) mass is 372 g/mol. The van der Waals surface area contributed by atoms with E-state index in [1.54, 1.807) is 6.20 Å². The molecule has 0 bridgehead atoms. The Morgan fingerprint density at radius 1 is 1.04 bits per heavy atom. The van der Waals surface area contributed by atoms with E-state index < -0.39 is 0 Å². The maximum absolute atomic E-state index is 13.1. The van der Waals surface area contributed by atoms with Crippen LogP contribution >= 0.6 is 0 Å². The number of ether oxygens (including phenoxy) is 1. The highest BCUT2D eigenvalue weighted by atomic mass is 16.5. The number of nitrogens with zero attached hydrogens (tertiary/aromatic N) is 2. The van der Waals surface area contributed by atoms with Gasteiger partial charge in [-0.25, -0.2) is 0 Å². The van der Waals surface area contributed by atoms with Crippen LogP contribution in [0.3, 0.4) is 0 Å². The average molecular weight is 372 g/mol. The van der Waals surface area contributed by atoms with Gasteiger partial charge in [-0.2, -0.15) is 0 Å². The predicted molar refractivity (Wildman–Crippen MR) is 109 cm³/mol. The zero-order chi connectivity index (χ0) is 19.2. The fourth-order valence-corrected chi connectivity index (χ4v) is 3.81. The van der Waals surface area contributed by atoms with Crippen molar-refractivity contribution in [2.75, 3.05) is 13.2 Å². The standard InChI is InChI=1S/C24H24N2O2/c27-23(13-7-17-28-21-10-2-1-3-11-21)26-16-14-19-8-4-5-12-22(19)24(26)20-9-6-15-25-18-20/h1-6,8-12,15,18,24H,7,13-14,16-17H2. The van der Waals surface area contributed by atoms with Crippen LogP contribution in [0.1, 0.15) is 35.6 Å². The van der Waals surface area contributed by atoms with Gasteiger partial charge in [0.15, 0.2) is 0 Å². The molecule has 0 radical (unpaired) electrons. The zero-order valence-electron chi connectivity index (χ0n) is 15.8. The molecular formula is C24H24N2O2. The highest BCUT2D eigenvalue weighted by Crippen LogP contribution is 2.35. The smallest absolute Gasteiger partial charge is 0.223 e. The van der Waals surface area contributed by atoms with Gasteiger partial charge in [-0.1, -0.05) is 48.5 Å². The third-order valence-electron chi connectivity index (χ3n) is 5.15. The Kier molecular flexibility index (Phi) is 5.66. The summed E-state index contributed by atoms with van der Waals surface area (Å²) in [6.45, 7) is 1.27. The topological polar surface area (TPSA) is 42.4 Å². The number of carbonyl (C=O) groups is 1. The number of rotatable bonds is 6. The zero-order valence-corrected chi connectivity index (χ0v) is 15.8. The molecule has 2 heterocycles. The van der Waals surface area contributed by atoms with Gasteiger partial charge in [0, 0.05) is 25.4 Å². The minimum absolute atomic E-state index is 0.0683. The summed E-state index contributed by atoms with van der Waals surface area (Å²) in [5.74, 6) is 1.01. The summed E-state index contributed by atoms with van der Waals surface area (Å²) in [7, 11) is 0. The van der Waals surface area contributed by atoms with Crippen molar-refractivity contribution in [2.45, 2.75) is 25.3 Å². The second-order valence-electron chi connectivity index (χ2n) is 6.99. The van der Waals surface area contributed by atoms with Crippen molar-refractivity contribution in [1.29, 1.82) is 0 Å². The van der Waals surface area contributed by atoms with E-state index in [1.807, 2.05) is 53.6 Å². The van der Waals surface area contributed by atoms with Crippen molar-refractivity contribution in [3.63, 3.8) is 0 Å². The summed E-state index contributed by atoms with van der Waals surface area (Å²) in [6, 6.07) is 22.0. The highest BCUT2D eigenvalue weighted by molar-refractivity contribution is 5.77. The Bertz CT molecular complexity index is 912. The minimum Gasteiger partial charge on any atom is -0.494 e. The van der Waals surface area contributed by atoms with Crippen LogP contribution in [0, 0.1) is 0 Å². The summed E-state index contributed by atoms with van der Waals surface area (Å²) >= 11 is 0. The van der Waals surface area contributed by atoms with Gasteiger partial charge in [0.1, 0.15) is 5.75 Å². The molecule has 1 unspecified atom stereocenters. The van der Waals surface area contributed by atoms with Crippen molar-refractivity contribution in [3.05, 3.63) is 95.8 Å². The van der Waals surface area contributed by atoms with Gasteiger partial charge in [0.25, 0.3) is 0 Å². The summed E-state index contributed by atoms with van der Waals surface area (Å²) < 4.78 is 5.73. The van der Waals surface area contributed by atoms with E-state index in [9.17, 15) is 4.79 Å². The number of pyridine rings is 1. The Balaban J connectivity index is 1.45. The maximum atomic E-state index is 13.1. The van der Waals surface area contributed by atoms with Crippen molar-refractivity contribution < 1.29 is 9.53 Å². The van der Waals surface area contributed by atoms with E-state index in [1.165, 1.54) is 11.1 Å². The van der Waals surface area contributed by atoms with Crippen molar-refractivity contribution in [2.24, 2.45) is 0 Å². The normalized spacial score (nSPS) is 15.7. The summed E-state index contributed by atoms with van der Waals surface area (Å²) in [4.78, 5) is 19.3. The number of hydrogen-bond donors (Lipinski definition) is 0. The van der Waals surface area contributed by atoms with Gasteiger partial charge in [0.05, 0.1) is 12.6 Å². The second kappa shape index (κ2) is 8.70. The lowest BCUT2D eigenvalue weighted by atomic mass is 9.88. The lowest BCUT2D eigenvalue weighted by Crippen LogP contribution is -2.40. The van der Waals surface area contributed by atoms with E-state index in [-0.39, 0.29) is 11.9 Å². The number of para-hydroxylation sites is 1. The van der Waals surface area contributed by atoms with E-state index in [0.717, 1.165) is 24.3 Å². The van der Waals surface area contributed by atoms with Gasteiger partial charge in [-0.3, -0.25) is 9.78 Å². The SMILES string of the molecule is O=C(CCCOc1ccccc1)N1CCc2ccccc2C1c1cccnc1. The molecule has 0 saturated heterocycles. The quantitative estimate of drug-likeness (QED) is 0.602. The summed E-state index contributed by atoms with van der Waals surface area (Å²) in [5.41, 5.74) is 3.58. The number of fused-ring (bicyclic) bond motifs is 1. The first kappa shape index (κ1) is 18.2. The molecule has 1 aliphatic heterocycles. The van der Waals surface area contributed by atoms with Crippen LogP contribution in [-0.4, -0.2) is 28.9 Å². The lowest BCUT2D eigenvalue weighted by Gasteiger charge is -2.37. The Labute approximate surface area is 165 Å². The molecule has 1 amide bonds. The fraction of sp³-hybridized carbons (Fsp3) is 0.250. The van der Waals surface area contributed by atoms with E-state index in [2.05, 4.69) is 29.2 Å². The third-order valence-corrected chi connectivity index (χ3v) is 5.15. The Morgan fingerprint density at radius 2 is 1.86 bits per heavy atom. The first-order valence-corrected chi connectivity index (χ1v) is 9.78. The minimum atomic E-state index is -0.0683. The maximum Gasteiger partial charge on any atom is 0.223 e. The van der Waals surface area contributed by atoms with Crippen LogP contribution in [-0.2, 0) is 11.2 Å². The largest absolute Gasteiger partial charge is 0.494 e. The summed E-state index contributed by atoms with van der Waals surface area (Å²) in [6.07, 6.45) is 5.70. The van der Waals surface area contributed by atoms with Gasteiger partial charge in [-0.15, -0.1) is 0 Å². The van der Waals surface area contributed by atoms with Gasteiger partial charge >= 0.3 is 0 Å². The molecule has 0 N–H and O–H groups in total. The van der Waals surface area contributed by atoms with Gasteiger partial charge < -0.3 is 9.64 Å². The molecule has 2 aromatic carbocycles. The number of amides is 1. The molecule has 0 aliphatic carbocycles. The molecule has 142 valence electrons. The molecular weight excluding hydrogens is 348 g/mol. The summed E-state index contributed by atoms with van der Waals surface area (Å²) in [5, 5.41) is 0. The van der Waals surface area contributed by atoms with Crippen LogP contribution < -0.4 is 4.74 Å². The predicted octanol–water partition coefficient (Wildman–Crippen LogP) is 4.41. The molecule has 1 aliphatic rings. The van der Waals surface area contributed by atoms with Crippen LogP contribution in [0.25, 0.3) is 0 Å². The molecule has 28 heavy (non-hydrogen) atoms. The Morgan fingerprint density at radius 3 is 2.68 bits per heavy atom.